The molecule has 1 saturated heterocycles. The molecule has 1 unspecified atom stereocenters. The normalized spacial score (nSPS) is 18.0. The van der Waals surface area contributed by atoms with E-state index in [-0.39, 0.29) is 30.5 Å². The van der Waals surface area contributed by atoms with Gasteiger partial charge in [-0.3, -0.25) is 9.69 Å². The highest BCUT2D eigenvalue weighted by Gasteiger charge is 2.35. The molecule has 0 spiro atoms. The van der Waals surface area contributed by atoms with E-state index in [1.54, 1.807) is 18.3 Å². The SMILES string of the molecule is CCC1c2cc(Oc3ccnc4[nH]ccc34)ccc2CCN1C(=O)Cc1ccc(CN2CCN(CC)CC2)c(C(F)(F)F)c1. The molecule has 2 aromatic heterocycles. The summed E-state index contributed by atoms with van der Waals surface area (Å²) in [6.45, 7) is 9.04. The molecule has 2 aliphatic rings. The Morgan fingerprint density at radius 2 is 1.80 bits per heavy atom. The van der Waals surface area contributed by atoms with E-state index >= 15 is 0 Å². The fraction of sp³-hybridized carbons (Fsp3) is 0.412. The predicted molar refractivity (Wildman–Crippen MR) is 164 cm³/mol. The number of nitrogens with one attached hydrogen (secondary N) is 1. The number of rotatable bonds is 8. The number of hydrogen-bond acceptors (Lipinski definition) is 5. The minimum Gasteiger partial charge on any atom is -0.457 e. The van der Waals surface area contributed by atoms with Gasteiger partial charge in [-0.2, -0.15) is 13.2 Å². The topological polar surface area (TPSA) is 64.7 Å². The summed E-state index contributed by atoms with van der Waals surface area (Å²) in [4.78, 5) is 27.2. The van der Waals surface area contributed by atoms with Crippen LogP contribution in [0.4, 0.5) is 13.2 Å². The van der Waals surface area contributed by atoms with Crippen molar-refractivity contribution < 1.29 is 22.7 Å². The van der Waals surface area contributed by atoms with Crippen LogP contribution in [-0.2, 0) is 30.4 Å². The minimum absolute atomic E-state index is 0.0803. The minimum atomic E-state index is -4.49. The number of piperazine rings is 1. The Balaban J connectivity index is 1.18. The Kier molecular flexibility index (Phi) is 8.64. The molecule has 0 aliphatic carbocycles. The van der Waals surface area contributed by atoms with Crippen LogP contribution in [0.25, 0.3) is 11.0 Å². The standard InChI is InChI=1S/C34H38F3N5O2/c1-3-30-28-21-26(44-31-10-13-39-33-27(31)9-12-38-33)8-7-24(28)11-14-42(30)32(43)20-23-5-6-25(29(19-23)34(35,36)37)22-41-17-15-40(4-2)16-18-41/h5-10,12-13,19,21,30H,3-4,11,14-18,20,22H2,1-2H3,(H,38,39). The Morgan fingerprint density at radius 1 is 1.00 bits per heavy atom. The van der Waals surface area contributed by atoms with Gasteiger partial charge in [-0.1, -0.05) is 32.0 Å². The highest BCUT2D eigenvalue weighted by molar-refractivity contribution is 5.82. The Hall–Kier alpha value is -3.89. The molecule has 1 atom stereocenters. The van der Waals surface area contributed by atoms with E-state index in [0.717, 1.165) is 54.9 Å². The number of alkyl halides is 3. The fourth-order valence-electron chi connectivity index (χ4n) is 6.55. The van der Waals surface area contributed by atoms with Gasteiger partial charge in [0, 0.05) is 51.7 Å². The van der Waals surface area contributed by atoms with Gasteiger partial charge in [0.15, 0.2) is 0 Å². The molecule has 2 aromatic carbocycles. The van der Waals surface area contributed by atoms with Crippen molar-refractivity contribution >= 4 is 16.9 Å². The first kappa shape index (κ1) is 30.1. The third-order valence-corrected chi connectivity index (χ3v) is 8.97. The molecule has 0 bridgehead atoms. The Bertz CT molecular complexity index is 1630. The number of likely N-dealkylation sites (N-methyl/N-ethyl adjacent to an activating group) is 1. The lowest BCUT2D eigenvalue weighted by Gasteiger charge is -2.37. The van der Waals surface area contributed by atoms with Crippen molar-refractivity contribution in [3.8, 4) is 11.5 Å². The van der Waals surface area contributed by atoms with Gasteiger partial charge >= 0.3 is 6.18 Å². The lowest BCUT2D eigenvalue weighted by atomic mass is 9.90. The van der Waals surface area contributed by atoms with Crippen molar-refractivity contribution in [2.24, 2.45) is 0 Å². The number of carbonyl (C=O) groups excluding carboxylic acids is 1. The quantitative estimate of drug-likeness (QED) is 0.246. The average Bonchev–Trinajstić information content (AvgIpc) is 3.51. The van der Waals surface area contributed by atoms with Gasteiger partial charge in [-0.25, -0.2) is 4.98 Å². The second-order valence-electron chi connectivity index (χ2n) is 11.6. The maximum atomic E-state index is 14.2. The summed E-state index contributed by atoms with van der Waals surface area (Å²) in [5.74, 6) is 1.17. The van der Waals surface area contributed by atoms with Crippen LogP contribution in [0.3, 0.4) is 0 Å². The predicted octanol–water partition coefficient (Wildman–Crippen LogP) is 6.59. The molecule has 10 heteroatoms. The second-order valence-corrected chi connectivity index (χ2v) is 11.6. The number of carbonyl (C=O) groups is 1. The van der Waals surface area contributed by atoms with Gasteiger partial charge in [0.05, 0.1) is 23.4 Å². The Morgan fingerprint density at radius 3 is 2.55 bits per heavy atom. The van der Waals surface area contributed by atoms with Gasteiger partial charge in [0.25, 0.3) is 0 Å². The molecule has 6 rings (SSSR count). The van der Waals surface area contributed by atoms with Crippen molar-refractivity contribution in [2.45, 2.75) is 51.9 Å². The number of aromatic amines is 1. The maximum absolute atomic E-state index is 14.2. The van der Waals surface area contributed by atoms with Crippen molar-refractivity contribution in [1.82, 2.24) is 24.7 Å². The zero-order valence-corrected chi connectivity index (χ0v) is 25.2. The Labute approximate surface area is 255 Å². The molecule has 0 saturated carbocycles. The van der Waals surface area contributed by atoms with Crippen LogP contribution in [0.2, 0.25) is 0 Å². The molecule has 1 amide bonds. The number of hydrogen-bond donors (Lipinski definition) is 1. The van der Waals surface area contributed by atoms with Crippen molar-refractivity contribution in [1.29, 1.82) is 0 Å². The van der Waals surface area contributed by atoms with E-state index in [1.807, 2.05) is 48.4 Å². The van der Waals surface area contributed by atoms with Crippen LogP contribution >= 0.6 is 0 Å². The van der Waals surface area contributed by atoms with Crippen molar-refractivity contribution in [2.75, 3.05) is 39.3 Å². The van der Waals surface area contributed by atoms with Crippen LogP contribution in [0.1, 0.15) is 54.1 Å². The number of nitrogens with zero attached hydrogens (tertiary/aromatic N) is 4. The zero-order chi connectivity index (χ0) is 30.8. The van der Waals surface area contributed by atoms with E-state index in [1.165, 1.54) is 6.07 Å². The molecular weight excluding hydrogens is 567 g/mol. The molecular formula is C34H38F3N5O2. The molecule has 0 radical (unpaired) electrons. The summed E-state index contributed by atoms with van der Waals surface area (Å²) < 4.78 is 48.8. The zero-order valence-electron chi connectivity index (χ0n) is 25.2. The maximum Gasteiger partial charge on any atom is 0.416 e. The largest absolute Gasteiger partial charge is 0.457 e. The van der Waals surface area contributed by atoms with E-state index in [2.05, 4.69) is 26.7 Å². The number of benzene rings is 2. The van der Waals surface area contributed by atoms with Gasteiger partial charge in [-0.15, -0.1) is 0 Å². The lowest BCUT2D eigenvalue weighted by Crippen LogP contribution is -2.45. The van der Waals surface area contributed by atoms with Gasteiger partial charge < -0.3 is 19.5 Å². The summed E-state index contributed by atoms with van der Waals surface area (Å²) in [5.41, 5.74) is 2.89. The number of pyridine rings is 1. The summed E-state index contributed by atoms with van der Waals surface area (Å²) in [6, 6.07) is 13.9. The van der Waals surface area contributed by atoms with Crippen LogP contribution in [0, 0.1) is 0 Å². The van der Waals surface area contributed by atoms with Crippen LogP contribution in [0.5, 0.6) is 11.5 Å². The monoisotopic (exact) mass is 605 g/mol. The van der Waals surface area contributed by atoms with Crippen LogP contribution in [0.15, 0.2) is 60.9 Å². The molecule has 4 aromatic rings. The van der Waals surface area contributed by atoms with Gasteiger partial charge in [-0.05, 0) is 72.0 Å². The van der Waals surface area contributed by atoms with Crippen molar-refractivity contribution in [3.05, 3.63) is 88.7 Å². The summed E-state index contributed by atoms with van der Waals surface area (Å²) >= 11 is 0. The number of fused-ring (bicyclic) bond motifs is 2. The highest BCUT2D eigenvalue weighted by atomic mass is 19.4. The first-order valence-electron chi connectivity index (χ1n) is 15.4. The van der Waals surface area contributed by atoms with E-state index in [4.69, 9.17) is 4.74 Å². The molecule has 1 fully saturated rings. The molecule has 44 heavy (non-hydrogen) atoms. The highest BCUT2D eigenvalue weighted by Crippen LogP contribution is 2.38. The van der Waals surface area contributed by atoms with E-state index in [0.29, 0.717) is 36.4 Å². The third kappa shape index (κ3) is 6.32. The van der Waals surface area contributed by atoms with E-state index in [9.17, 15) is 18.0 Å². The van der Waals surface area contributed by atoms with Gasteiger partial charge in [0.1, 0.15) is 17.1 Å². The first-order chi connectivity index (χ1) is 21.2. The second kappa shape index (κ2) is 12.6. The summed E-state index contributed by atoms with van der Waals surface area (Å²) in [5, 5.41) is 0.873. The third-order valence-electron chi connectivity index (χ3n) is 8.97. The molecule has 232 valence electrons. The molecule has 4 heterocycles. The summed E-state index contributed by atoms with van der Waals surface area (Å²) in [6.07, 6.45) is 0.278. The van der Waals surface area contributed by atoms with Gasteiger partial charge in [0.2, 0.25) is 5.91 Å². The number of H-pyrrole nitrogens is 1. The number of aromatic nitrogens is 2. The van der Waals surface area contributed by atoms with Crippen molar-refractivity contribution in [3.63, 3.8) is 0 Å². The molecule has 7 nitrogen and oxygen atoms in total. The molecule has 2 aliphatic heterocycles. The lowest BCUT2D eigenvalue weighted by molar-refractivity contribution is -0.139. The number of amides is 1. The smallest absolute Gasteiger partial charge is 0.416 e. The van der Waals surface area contributed by atoms with Crippen LogP contribution in [-0.4, -0.2) is 69.8 Å². The fourth-order valence-corrected chi connectivity index (χ4v) is 6.55. The summed E-state index contributed by atoms with van der Waals surface area (Å²) in [7, 11) is 0. The van der Waals surface area contributed by atoms with Crippen LogP contribution < -0.4 is 4.74 Å². The first-order valence-corrected chi connectivity index (χ1v) is 15.4. The average molecular weight is 606 g/mol. The number of ether oxygens (including phenoxy) is 1. The molecule has 1 N–H and O–H groups in total. The van der Waals surface area contributed by atoms with E-state index < -0.39 is 11.7 Å². The number of halogens is 3.